The van der Waals surface area contributed by atoms with E-state index < -0.39 is 0 Å². The van der Waals surface area contributed by atoms with E-state index in [1.807, 2.05) is 40.8 Å². The predicted molar refractivity (Wildman–Crippen MR) is 118 cm³/mol. The summed E-state index contributed by atoms with van der Waals surface area (Å²) in [6.45, 7) is 8.88. The third-order valence-electron chi connectivity index (χ3n) is 7.54. The summed E-state index contributed by atoms with van der Waals surface area (Å²) in [6.07, 6.45) is 6.57. The largest absolute Gasteiger partial charge is 0.487 e. The summed E-state index contributed by atoms with van der Waals surface area (Å²) in [5.41, 5.74) is 0.847. The van der Waals surface area contributed by atoms with Crippen LogP contribution in [0.25, 0.3) is 0 Å². The lowest BCUT2D eigenvalue weighted by molar-refractivity contribution is -0.176. The first-order valence-corrected chi connectivity index (χ1v) is 11.5. The van der Waals surface area contributed by atoms with Crippen LogP contribution >= 0.6 is 11.6 Å². The molecule has 1 aromatic heterocycles. The summed E-state index contributed by atoms with van der Waals surface area (Å²) >= 11 is 6.27. The van der Waals surface area contributed by atoms with Crippen LogP contribution in [0.5, 0.6) is 5.75 Å². The van der Waals surface area contributed by atoms with Crippen molar-refractivity contribution in [2.75, 3.05) is 19.7 Å². The zero-order valence-corrected chi connectivity index (χ0v) is 19.2. The molecule has 3 aliphatic heterocycles. The van der Waals surface area contributed by atoms with Gasteiger partial charge in [-0.3, -0.25) is 4.79 Å². The minimum absolute atomic E-state index is 0.00644. The molecule has 0 aliphatic carbocycles. The first-order valence-electron chi connectivity index (χ1n) is 11.1. The summed E-state index contributed by atoms with van der Waals surface area (Å²) in [4.78, 5) is 19.0. The lowest BCUT2D eigenvalue weighted by Gasteiger charge is -2.54. The second-order valence-electron chi connectivity index (χ2n) is 9.91. The molecule has 0 saturated carbocycles. The normalized spacial score (nSPS) is 26.1. The highest BCUT2D eigenvalue weighted by atomic mass is 35.5. The van der Waals surface area contributed by atoms with Gasteiger partial charge in [-0.1, -0.05) is 11.6 Å². The standard InChI is InChI=1S/C24H30ClN3O3/c1-16-26-8-11-28(16)14-21(29)27-9-6-24(7-10-27)13-19-22(30-15-24)18-12-17(25)4-5-20(18)31-23(19,2)3/h4-5,8,11-12,19,22H,6-7,9-10,13-15H2,1-3H3/t19-,22+/m0/s1. The number of aromatic nitrogens is 2. The molecular formula is C24H30ClN3O3. The SMILES string of the molecule is Cc1nccn1CC(=O)N1CCC2(CC1)CO[C@@H]1c3cc(Cl)ccc3OC(C)(C)[C@H]1C2. The average Bonchev–Trinajstić information content (AvgIpc) is 3.14. The quantitative estimate of drug-likeness (QED) is 0.690. The van der Waals surface area contributed by atoms with Crippen LogP contribution in [0.4, 0.5) is 0 Å². The lowest BCUT2D eigenvalue weighted by atomic mass is 9.64. The molecule has 2 aromatic rings. The van der Waals surface area contributed by atoms with Crippen LogP contribution in [-0.4, -0.2) is 45.7 Å². The molecule has 6 nitrogen and oxygen atoms in total. The number of hydrogen-bond acceptors (Lipinski definition) is 4. The molecule has 2 fully saturated rings. The van der Waals surface area contributed by atoms with E-state index in [1.165, 1.54) is 0 Å². The second-order valence-corrected chi connectivity index (χ2v) is 10.3. The van der Waals surface area contributed by atoms with Crippen molar-refractivity contribution >= 4 is 17.5 Å². The van der Waals surface area contributed by atoms with Gasteiger partial charge in [-0.25, -0.2) is 4.98 Å². The molecule has 1 spiro atoms. The number of carbonyl (C=O) groups is 1. The van der Waals surface area contributed by atoms with Crippen molar-refractivity contribution in [3.8, 4) is 5.75 Å². The molecule has 1 aromatic carbocycles. The maximum absolute atomic E-state index is 12.8. The third kappa shape index (κ3) is 3.74. The van der Waals surface area contributed by atoms with Crippen molar-refractivity contribution < 1.29 is 14.3 Å². The van der Waals surface area contributed by atoms with Gasteiger partial charge in [0.2, 0.25) is 5.91 Å². The zero-order chi connectivity index (χ0) is 21.8. The topological polar surface area (TPSA) is 56.6 Å². The number of ether oxygens (including phenoxy) is 2. The number of hydrogen-bond donors (Lipinski definition) is 0. The van der Waals surface area contributed by atoms with Gasteiger partial charge < -0.3 is 18.9 Å². The molecule has 1 amide bonds. The average molecular weight is 444 g/mol. The van der Waals surface area contributed by atoms with Crippen LogP contribution in [0.2, 0.25) is 5.02 Å². The number of aryl methyl sites for hydroxylation is 1. The number of rotatable bonds is 2. The number of benzene rings is 1. The number of piperidine rings is 1. The Morgan fingerprint density at radius 2 is 2.06 bits per heavy atom. The van der Waals surface area contributed by atoms with Crippen molar-refractivity contribution in [1.82, 2.24) is 14.5 Å². The number of nitrogens with zero attached hydrogens (tertiary/aromatic N) is 3. The lowest BCUT2D eigenvalue weighted by Crippen LogP contribution is -2.54. The monoisotopic (exact) mass is 443 g/mol. The van der Waals surface area contributed by atoms with Crippen molar-refractivity contribution in [2.24, 2.45) is 11.3 Å². The van der Waals surface area contributed by atoms with Gasteiger partial charge in [-0.2, -0.15) is 0 Å². The fourth-order valence-corrected chi connectivity index (χ4v) is 5.70. The maximum Gasteiger partial charge on any atom is 0.242 e. The Balaban J connectivity index is 1.28. The Morgan fingerprint density at radius 3 is 2.77 bits per heavy atom. The molecule has 5 rings (SSSR count). The summed E-state index contributed by atoms with van der Waals surface area (Å²) in [5.74, 6) is 2.16. The van der Waals surface area contributed by atoms with Crippen molar-refractivity contribution in [2.45, 2.75) is 58.3 Å². The Hall–Kier alpha value is -2.05. The van der Waals surface area contributed by atoms with Crippen molar-refractivity contribution in [3.05, 3.63) is 47.0 Å². The molecular weight excluding hydrogens is 414 g/mol. The van der Waals surface area contributed by atoms with Crippen LogP contribution in [0.15, 0.2) is 30.6 Å². The highest BCUT2D eigenvalue weighted by Gasteiger charge is 2.52. The molecule has 3 aliphatic rings. The summed E-state index contributed by atoms with van der Waals surface area (Å²) in [7, 11) is 0. The van der Waals surface area contributed by atoms with Gasteiger partial charge in [0.05, 0.1) is 12.7 Å². The minimum atomic E-state index is -0.315. The number of amides is 1. The molecule has 31 heavy (non-hydrogen) atoms. The van der Waals surface area contributed by atoms with Gasteiger partial charge >= 0.3 is 0 Å². The summed E-state index contributed by atoms with van der Waals surface area (Å²) in [6, 6.07) is 5.82. The van der Waals surface area contributed by atoms with Gasteiger partial charge in [0.25, 0.3) is 0 Å². The Labute approximate surface area is 188 Å². The number of likely N-dealkylation sites (tertiary alicyclic amines) is 1. The first kappa shape index (κ1) is 20.8. The van der Waals surface area contributed by atoms with Gasteiger partial charge in [0.1, 0.15) is 23.7 Å². The van der Waals surface area contributed by atoms with Gasteiger partial charge in [0, 0.05) is 42.0 Å². The third-order valence-corrected chi connectivity index (χ3v) is 7.77. The van der Waals surface area contributed by atoms with Gasteiger partial charge in [-0.15, -0.1) is 0 Å². The van der Waals surface area contributed by atoms with E-state index >= 15 is 0 Å². The number of imidazole rings is 1. The second kappa shape index (κ2) is 7.52. The number of fused-ring (bicyclic) bond motifs is 3. The van der Waals surface area contributed by atoms with E-state index in [0.717, 1.165) is 56.1 Å². The zero-order valence-electron chi connectivity index (χ0n) is 18.4. The van der Waals surface area contributed by atoms with Crippen LogP contribution in [0, 0.1) is 18.3 Å². The molecule has 4 heterocycles. The van der Waals surface area contributed by atoms with E-state index in [1.54, 1.807) is 6.20 Å². The Morgan fingerprint density at radius 1 is 1.29 bits per heavy atom. The summed E-state index contributed by atoms with van der Waals surface area (Å²) in [5, 5.41) is 0.713. The fraction of sp³-hybridized carbons (Fsp3) is 0.583. The first-order chi connectivity index (χ1) is 14.8. The minimum Gasteiger partial charge on any atom is -0.487 e. The molecule has 2 atom stereocenters. The summed E-state index contributed by atoms with van der Waals surface area (Å²) < 4.78 is 14.8. The maximum atomic E-state index is 12.8. The van der Waals surface area contributed by atoms with Gasteiger partial charge in [-0.05, 0) is 63.6 Å². The fourth-order valence-electron chi connectivity index (χ4n) is 5.52. The molecule has 0 N–H and O–H groups in total. The van der Waals surface area contributed by atoms with Gasteiger partial charge in [0.15, 0.2) is 0 Å². The molecule has 7 heteroatoms. The Bertz CT molecular complexity index is 994. The highest BCUT2D eigenvalue weighted by molar-refractivity contribution is 6.30. The van der Waals surface area contributed by atoms with E-state index in [4.69, 9.17) is 21.1 Å². The van der Waals surface area contributed by atoms with Crippen LogP contribution in [-0.2, 0) is 16.1 Å². The molecule has 0 unspecified atom stereocenters. The molecule has 166 valence electrons. The van der Waals surface area contributed by atoms with E-state index in [2.05, 4.69) is 18.8 Å². The van der Waals surface area contributed by atoms with Crippen molar-refractivity contribution in [1.29, 1.82) is 0 Å². The van der Waals surface area contributed by atoms with Crippen LogP contribution < -0.4 is 4.74 Å². The van der Waals surface area contributed by atoms with E-state index in [-0.39, 0.29) is 28.9 Å². The van der Waals surface area contributed by atoms with Crippen LogP contribution in [0.3, 0.4) is 0 Å². The Kier molecular flexibility index (Phi) is 5.05. The van der Waals surface area contributed by atoms with E-state index in [9.17, 15) is 4.79 Å². The predicted octanol–water partition coefficient (Wildman–Crippen LogP) is 4.40. The molecule has 0 radical (unpaired) electrons. The number of carbonyl (C=O) groups excluding carboxylic acids is 1. The highest BCUT2D eigenvalue weighted by Crippen LogP contribution is 2.55. The molecule has 2 saturated heterocycles. The smallest absolute Gasteiger partial charge is 0.242 e. The van der Waals surface area contributed by atoms with Crippen LogP contribution in [0.1, 0.15) is 50.6 Å². The van der Waals surface area contributed by atoms with Crippen molar-refractivity contribution in [3.63, 3.8) is 0 Å². The van der Waals surface area contributed by atoms with E-state index in [0.29, 0.717) is 11.6 Å². The molecule has 0 bridgehead atoms. The number of halogens is 1.